The molecule has 3 heteroatoms. The average molecular weight is 178 g/mol. The molecule has 1 atom stereocenters. The van der Waals surface area contributed by atoms with Crippen molar-refractivity contribution in [3.05, 3.63) is 24.2 Å². The van der Waals surface area contributed by atoms with Crippen molar-refractivity contribution in [1.82, 2.24) is 4.90 Å². The van der Waals surface area contributed by atoms with Gasteiger partial charge in [-0.05, 0) is 20.0 Å². The average Bonchev–Trinajstić information content (AvgIpc) is 2.57. The van der Waals surface area contributed by atoms with Gasteiger partial charge in [-0.3, -0.25) is 4.90 Å². The van der Waals surface area contributed by atoms with Gasteiger partial charge < -0.3 is 4.42 Å². The molecule has 1 unspecified atom stereocenters. The van der Waals surface area contributed by atoms with Crippen molar-refractivity contribution < 1.29 is 4.42 Å². The minimum atomic E-state index is 0.292. The van der Waals surface area contributed by atoms with Gasteiger partial charge in [0.2, 0.25) is 0 Å². The van der Waals surface area contributed by atoms with E-state index in [0.29, 0.717) is 12.5 Å². The first-order chi connectivity index (χ1) is 6.24. The summed E-state index contributed by atoms with van der Waals surface area (Å²) in [6.45, 7) is 2.88. The van der Waals surface area contributed by atoms with Crippen LogP contribution in [0, 0.1) is 11.3 Å². The largest absolute Gasteiger partial charge is 0.472 e. The third-order valence-electron chi connectivity index (χ3n) is 2.15. The van der Waals surface area contributed by atoms with Gasteiger partial charge in [-0.25, -0.2) is 0 Å². The molecule has 0 amide bonds. The van der Waals surface area contributed by atoms with Crippen molar-refractivity contribution in [3.8, 4) is 6.07 Å². The van der Waals surface area contributed by atoms with Crippen LogP contribution in [0.5, 0.6) is 0 Å². The van der Waals surface area contributed by atoms with E-state index in [4.69, 9.17) is 9.68 Å². The molecule has 0 N–H and O–H groups in total. The molecule has 0 aliphatic carbocycles. The summed E-state index contributed by atoms with van der Waals surface area (Å²) < 4.78 is 4.96. The lowest BCUT2D eigenvalue weighted by Crippen LogP contribution is -2.27. The second kappa shape index (κ2) is 4.68. The lowest BCUT2D eigenvalue weighted by atomic mass is 10.2. The topological polar surface area (TPSA) is 40.2 Å². The SMILES string of the molecule is CC(CC#N)N(C)Cc1ccoc1. The summed E-state index contributed by atoms with van der Waals surface area (Å²) in [4.78, 5) is 2.13. The van der Waals surface area contributed by atoms with Gasteiger partial charge in [0.1, 0.15) is 0 Å². The van der Waals surface area contributed by atoms with Gasteiger partial charge in [0, 0.05) is 18.2 Å². The Morgan fingerprint density at radius 1 is 1.69 bits per heavy atom. The zero-order chi connectivity index (χ0) is 9.68. The van der Waals surface area contributed by atoms with Gasteiger partial charge in [0.25, 0.3) is 0 Å². The molecular weight excluding hydrogens is 164 g/mol. The van der Waals surface area contributed by atoms with Crippen LogP contribution in [0.25, 0.3) is 0 Å². The molecule has 1 aromatic heterocycles. The lowest BCUT2D eigenvalue weighted by molar-refractivity contribution is 0.252. The van der Waals surface area contributed by atoms with E-state index in [-0.39, 0.29) is 0 Å². The Balaban J connectivity index is 2.42. The summed E-state index contributed by atoms with van der Waals surface area (Å²) in [5.41, 5.74) is 1.15. The Hall–Kier alpha value is -1.27. The normalized spacial score (nSPS) is 12.8. The lowest BCUT2D eigenvalue weighted by Gasteiger charge is -2.21. The van der Waals surface area contributed by atoms with E-state index in [1.165, 1.54) is 0 Å². The molecule has 0 aliphatic rings. The van der Waals surface area contributed by atoms with Crippen LogP contribution in [0.4, 0.5) is 0 Å². The monoisotopic (exact) mass is 178 g/mol. The number of nitrogens with zero attached hydrogens (tertiary/aromatic N) is 2. The fourth-order valence-corrected chi connectivity index (χ4v) is 1.11. The first-order valence-corrected chi connectivity index (χ1v) is 4.32. The Morgan fingerprint density at radius 3 is 3.00 bits per heavy atom. The summed E-state index contributed by atoms with van der Waals surface area (Å²) in [7, 11) is 2.01. The van der Waals surface area contributed by atoms with Gasteiger partial charge >= 0.3 is 0 Å². The summed E-state index contributed by atoms with van der Waals surface area (Å²) >= 11 is 0. The molecule has 0 radical (unpaired) electrons. The maximum atomic E-state index is 8.52. The minimum Gasteiger partial charge on any atom is -0.472 e. The second-order valence-corrected chi connectivity index (χ2v) is 3.26. The van der Waals surface area contributed by atoms with E-state index in [2.05, 4.69) is 11.0 Å². The first-order valence-electron chi connectivity index (χ1n) is 4.32. The van der Waals surface area contributed by atoms with Crippen molar-refractivity contribution in [2.45, 2.75) is 25.9 Å². The molecule has 3 nitrogen and oxygen atoms in total. The van der Waals surface area contributed by atoms with Crippen LogP contribution in [0.2, 0.25) is 0 Å². The number of hydrogen-bond donors (Lipinski definition) is 0. The molecule has 0 saturated carbocycles. The van der Waals surface area contributed by atoms with E-state index in [0.717, 1.165) is 12.1 Å². The molecule has 70 valence electrons. The molecule has 0 bridgehead atoms. The summed E-state index contributed by atoms with van der Waals surface area (Å²) in [5.74, 6) is 0. The van der Waals surface area contributed by atoms with Gasteiger partial charge in [-0.15, -0.1) is 0 Å². The molecule has 1 rings (SSSR count). The van der Waals surface area contributed by atoms with Crippen LogP contribution in [0.3, 0.4) is 0 Å². The zero-order valence-electron chi connectivity index (χ0n) is 8.03. The van der Waals surface area contributed by atoms with Gasteiger partial charge in [0.15, 0.2) is 0 Å². The van der Waals surface area contributed by atoms with Crippen LogP contribution in [-0.2, 0) is 6.54 Å². The van der Waals surface area contributed by atoms with Crippen molar-refractivity contribution >= 4 is 0 Å². The van der Waals surface area contributed by atoms with Crippen LogP contribution >= 0.6 is 0 Å². The summed E-state index contributed by atoms with van der Waals surface area (Å²) in [6, 6.07) is 4.39. The van der Waals surface area contributed by atoms with E-state index in [1.807, 2.05) is 20.0 Å². The van der Waals surface area contributed by atoms with Gasteiger partial charge in [-0.2, -0.15) is 5.26 Å². The van der Waals surface area contributed by atoms with Crippen LogP contribution in [0.1, 0.15) is 18.9 Å². The number of hydrogen-bond acceptors (Lipinski definition) is 3. The Kier molecular flexibility index (Phi) is 3.53. The molecule has 0 spiro atoms. The van der Waals surface area contributed by atoms with Gasteiger partial charge in [0.05, 0.1) is 25.0 Å². The van der Waals surface area contributed by atoms with Crippen LogP contribution in [0.15, 0.2) is 23.0 Å². The molecule has 0 aliphatic heterocycles. The minimum absolute atomic E-state index is 0.292. The highest BCUT2D eigenvalue weighted by Crippen LogP contribution is 2.08. The number of nitriles is 1. The highest BCUT2D eigenvalue weighted by atomic mass is 16.3. The van der Waals surface area contributed by atoms with Crippen molar-refractivity contribution in [2.75, 3.05) is 7.05 Å². The Labute approximate surface area is 78.6 Å². The highest BCUT2D eigenvalue weighted by molar-refractivity contribution is 5.05. The first kappa shape index (κ1) is 9.82. The quantitative estimate of drug-likeness (QED) is 0.708. The zero-order valence-corrected chi connectivity index (χ0v) is 8.03. The van der Waals surface area contributed by atoms with Crippen LogP contribution in [-0.4, -0.2) is 18.0 Å². The third-order valence-corrected chi connectivity index (χ3v) is 2.15. The molecule has 0 aromatic carbocycles. The fraction of sp³-hybridized carbons (Fsp3) is 0.500. The summed E-state index contributed by atoms with van der Waals surface area (Å²) in [5, 5.41) is 8.52. The Bertz CT molecular complexity index is 274. The smallest absolute Gasteiger partial charge is 0.0947 e. The maximum absolute atomic E-state index is 8.52. The molecule has 0 saturated heterocycles. The van der Waals surface area contributed by atoms with Crippen molar-refractivity contribution in [2.24, 2.45) is 0 Å². The third kappa shape index (κ3) is 2.92. The number of rotatable bonds is 4. The Morgan fingerprint density at radius 2 is 2.46 bits per heavy atom. The summed E-state index contributed by atoms with van der Waals surface area (Å²) in [6.07, 6.45) is 3.96. The highest BCUT2D eigenvalue weighted by Gasteiger charge is 2.08. The fourth-order valence-electron chi connectivity index (χ4n) is 1.11. The molecule has 0 fully saturated rings. The molecule has 13 heavy (non-hydrogen) atoms. The van der Waals surface area contributed by atoms with Crippen LogP contribution < -0.4 is 0 Å². The van der Waals surface area contributed by atoms with E-state index in [1.54, 1.807) is 12.5 Å². The number of furan rings is 1. The van der Waals surface area contributed by atoms with E-state index >= 15 is 0 Å². The molecular formula is C10H14N2O. The predicted octanol–water partition coefficient (Wildman–Crippen LogP) is 2.01. The van der Waals surface area contributed by atoms with E-state index < -0.39 is 0 Å². The van der Waals surface area contributed by atoms with Crippen molar-refractivity contribution in [3.63, 3.8) is 0 Å². The van der Waals surface area contributed by atoms with Gasteiger partial charge in [-0.1, -0.05) is 0 Å². The standard InChI is InChI=1S/C10H14N2O/c1-9(3-5-11)12(2)7-10-4-6-13-8-10/h4,6,8-9H,3,7H2,1-2H3. The molecule has 1 heterocycles. The van der Waals surface area contributed by atoms with Crippen molar-refractivity contribution in [1.29, 1.82) is 5.26 Å². The second-order valence-electron chi connectivity index (χ2n) is 3.26. The maximum Gasteiger partial charge on any atom is 0.0947 e. The predicted molar refractivity (Wildman–Crippen MR) is 49.9 cm³/mol. The molecule has 1 aromatic rings. The van der Waals surface area contributed by atoms with E-state index in [9.17, 15) is 0 Å².